The predicted molar refractivity (Wildman–Crippen MR) is 114 cm³/mol. The molecule has 0 spiro atoms. The summed E-state index contributed by atoms with van der Waals surface area (Å²) in [5.74, 6) is 0.273. The highest BCUT2D eigenvalue weighted by Gasteiger charge is 2.17. The van der Waals surface area contributed by atoms with Gasteiger partial charge in [0.2, 0.25) is 0 Å². The van der Waals surface area contributed by atoms with E-state index in [1.54, 1.807) is 7.11 Å². The minimum Gasteiger partial charge on any atom is -0.496 e. The van der Waals surface area contributed by atoms with E-state index in [4.69, 9.17) is 9.47 Å². The predicted octanol–water partition coefficient (Wildman–Crippen LogP) is 6.67. The van der Waals surface area contributed by atoms with Gasteiger partial charge in [0, 0.05) is 0 Å². The fourth-order valence-corrected chi connectivity index (χ4v) is 3.07. The normalized spacial score (nSPS) is 11.4. The molecule has 0 unspecified atom stereocenters. The third-order valence-electron chi connectivity index (χ3n) is 4.60. The Balaban J connectivity index is 2.22. The Labute approximate surface area is 165 Å². The average Bonchev–Trinajstić information content (AvgIpc) is 2.70. The van der Waals surface area contributed by atoms with Gasteiger partial charge in [-0.15, -0.1) is 0 Å². The highest BCUT2D eigenvalue weighted by molar-refractivity contribution is 5.94. The standard InChI is InChI=1S/C24H36O3/c1-4-5-6-7-8-9-10-11-12-13-14-15-16-18-21-19-17-20-22(26-2)23(21)24(25)27-3/h6-7,9-10,17,19-20H,4-5,8,11-16,18H2,1-3H3. The van der Waals surface area contributed by atoms with Crippen molar-refractivity contribution in [2.75, 3.05) is 14.2 Å². The zero-order valence-electron chi connectivity index (χ0n) is 17.3. The van der Waals surface area contributed by atoms with Crippen LogP contribution in [0, 0.1) is 0 Å². The van der Waals surface area contributed by atoms with E-state index < -0.39 is 0 Å². The van der Waals surface area contributed by atoms with Crippen LogP contribution in [0.25, 0.3) is 0 Å². The smallest absolute Gasteiger partial charge is 0.341 e. The second kappa shape index (κ2) is 15.1. The van der Waals surface area contributed by atoms with Crippen LogP contribution >= 0.6 is 0 Å². The van der Waals surface area contributed by atoms with E-state index in [2.05, 4.69) is 31.2 Å². The molecule has 0 saturated carbocycles. The van der Waals surface area contributed by atoms with E-state index >= 15 is 0 Å². The highest BCUT2D eigenvalue weighted by Crippen LogP contribution is 2.25. The number of rotatable bonds is 14. The van der Waals surface area contributed by atoms with Crippen LogP contribution < -0.4 is 4.74 Å². The molecule has 0 radical (unpaired) electrons. The van der Waals surface area contributed by atoms with Gasteiger partial charge >= 0.3 is 5.97 Å². The molecule has 0 atom stereocenters. The Hall–Kier alpha value is -2.03. The van der Waals surface area contributed by atoms with Crippen LogP contribution in [-0.4, -0.2) is 20.2 Å². The second-order valence-corrected chi connectivity index (χ2v) is 6.76. The summed E-state index contributed by atoms with van der Waals surface area (Å²) in [5, 5.41) is 0. The monoisotopic (exact) mass is 372 g/mol. The molecule has 3 heteroatoms. The molecule has 0 aliphatic heterocycles. The Bertz CT molecular complexity index is 587. The van der Waals surface area contributed by atoms with Gasteiger partial charge in [-0.25, -0.2) is 4.79 Å². The van der Waals surface area contributed by atoms with Gasteiger partial charge in [-0.1, -0.05) is 69.0 Å². The van der Waals surface area contributed by atoms with Crippen molar-refractivity contribution >= 4 is 5.97 Å². The molecule has 1 aromatic rings. The van der Waals surface area contributed by atoms with Crippen molar-refractivity contribution < 1.29 is 14.3 Å². The number of esters is 1. The van der Waals surface area contributed by atoms with Crippen molar-refractivity contribution in [2.45, 2.75) is 71.1 Å². The summed E-state index contributed by atoms with van der Waals surface area (Å²) in [6.45, 7) is 2.20. The zero-order chi connectivity index (χ0) is 19.7. The molecular weight excluding hydrogens is 336 g/mol. The van der Waals surface area contributed by atoms with E-state index in [0.29, 0.717) is 11.3 Å². The molecule has 150 valence electrons. The van der Waals surface area contributed by atoms with Gasteiger partial charge in [-0.05, 0) is 50.2 Å². The minimum absolute atomic E-state index is 0.321. The van der Waals surface area contributed by atoms with Crippen LogP contribution in [0.4, 0.5) is 0 Å². The van der Waals surface area contributed by atoms with E-state index in [1.807, 2.05) is 18.2 Å². The van der Waals surface area contributed by atoms with Gasteiger partial charge in [0.25, 0.3) is 0 Å². The summed E-state index contributed by atoms with van der Waals surface area (Å²) in [5.41, 5.74) is 1.58. The number of carbonyl (C=O) groups is 1. The van der Waals surface area contributed by atoms with Crippen molar-refractivity contribution in [3.63, 3.8) is 0 Å². The molecule has 0 aliphatic rings. The van der Waals surface area contributed by atoms with Gasteiger partial charge < -0.3 is 9.47 Å². The molecule has 1 rings (SSSR count). The SMILES string of the molecule is CCCC=CCC=CCCCCCCCc1cccc(OC)c1C(=O)OC. The fraction of sp³-hybridized carbons (Fsp3) is 0.542. The fourth-order valence-electron chi connectivity index (χ4n) is 3.07. The number of aryl methyl sites for hydroxylation is 1. The largest absolute Gasteiger partial charge is 0.496 e. The maximum Gasteiger partial charge on any atom is 0.341 e. The molecule has 27 heavy (non-hydrogen) atoms. The molecule has 0 N–H and O–H groups in total. The number of hydrogen-bond donors (Lipinski definition) is 0. The third-order valence-corrected chi connectivity index (χ3v) is 4.60. The van der Waals surface area contributed by atoms with E-state index in [1.165, 1.54) is 52.1 Å². The number of unbranched alkanes of at least 4 members (excludes halogenated alkanes) is 6. The van der Waals surface area contributed by atoms with Crippen molar-refractivity contribution in [3.8, 4) is 5.75 Å². The molecule has 3 nitrogen and oxygen atoms in total. The first-order chi connectivity index (χ1) is 13.2. The van der Waals surface area contributed by atoms with Crippen LogP contribution in [0.3, 0.4) is 0 Å². The Kier molecular flexibility index (Phi) is 12.8. The lowest BCUT2D eigenvalue weighted by molar-refractivity contribution is 0.0595. The maximum absolute atomic E-state index is 12.0. The zero-order valence-corrected chi connectivity index (χ0v) is 17.3. The van der Waals surface area contributed by atoms with Crippen LogP contribution in [0.5, 0.6) is 5.75 Å². The van der Waals surface area contributed by atoms with Crippen molar-refractivity contribution in [2.24, 2.45) is 0 Å². The molecule has 0 amide bonds. The maximum atomic E-state index is 12.0. The van der Waals surface area contributed by atoms with Crippen molar-refractivity contribution in [1.82, 2.24) is 0 Å². The minimum atomic E-state index is -0.321. The van der Waals surface area contributed by atoms with Crippen LogP contribution in [0.2, 0.25) is 0 Å². The number of benzene rings is 1. The van der Waals surface area contributed by atoms with Crippen molar-refractivity contribution in [1.29, 1.82) is 0 Å². The molecule has 0 aliphatic carbocycles. The quantitative estimate of drug-likeness (QED) is 0.208. The highest BCUT2D eigenvalue weighted by atomic mass is 16.5. The lowest BCUT2D eigenvalue weighted by Crippen LogP contribution is -2.08. The number of allylic oxidation sites excluding steroid dienone is 4. The number of hydrogen-bond acceptors (Lipinski definition) is 3. The Morgan fingerprint density at radius 2 is 1.63 bits per heavy atom. The summed E-state index contributed by atoms with van der Waals surface area (Å²) < 4.78 is 10.2. The lowest BCUT2D eigenvalue weighted by atomic mass is 9.99. The Morgan fingerprint density at radius 3 is 2.33 bits per heavy atom. The second-order valence-electron chi connectivity index (χ2n) is 6.76. The van der Waals surface area contributed by atoms with Crippen LogP contribution in [-0.2, 0) is 11.2 Å². The summed E-state index contributed by atoms with van der Waals surface area (Å²) in [6, 6.07) is 5.74. The number of ether oxygens (including phenoxy) is 2. The first-order valence-corrected chi connectivity index (χ1v) is 10.3. The van der Waals surface area contributed by atoms with Gasteiger partial charge in [-0.3, -0.25) is 0 Å². The summed E-state index contributed by atoms with van der Waals surface area (Å²) in [7, 11) is 3.00. The van der Waals surface area contributed by atoms with E-state index in [0.717, 1.165) is 24.8 Å². The third kappa shape index (κ3) is 9.46. The van der Waals surface area contributed by atoms with Gasteiger partial charge in [0.15, 0.2) is 0 Å². The molecule has 0 heterocycles. The van der Waals surface area contributed by atoms with Crippen molar-refractivity contribution in [3.05, 3.63) is 53.6 Å². The van der Waals surface area contributed by atoms with Gasteiger partial charge in [0.1, 0.15) is 11.3 Å². The molecule has 0 saturated heterocycles. The van der Waals surface area contributed by atoms with E-state index in [-0.39, 0.29) is 5.97 Å². The first kappa shape index (κ1) is 23.0. The molecule has 0 bridgehead atoms. The molecule has 0 fully saturated rings. The van der Waals surface area contributed by atoms with Crippen LogP contribution in [0.15, 0.2) is 42.5 Å². The molecular formula is C24H36O3. The van der Waals surface area contributed by atoms with E-state index in [9.17, 15) is 4.79 Å². The molecule has 0 aromatic heterocycles. The number of methoxy groups -OCH3 is 2. The lowest BCUT2D eigenvalue weighted by Gasteiger charge is -2.12. The molecule has 1 aromatic carbocycles. The van der Waals surface area contributed by atoms with Gasteiger partial charge in [0.05, 0.1) is 14.2 Å². The first-order valence-electron chi connectivity index (χ1n) is 10.3. The topological polar surface area (TPSA) is 35.5 Å². The van der Waals surface area contributed by atoms with Crippen LogP contribution in [0.1, 0.15) is 80.6 Å². The van der Waals surface area contributed by atoms with Gasteiger partial charge in [-0.2, -0.15) is 0 Å². The Morgan fingerprint density at radius 1 is 0.926 bits per heavy atom. The average molecular weight is 373 g/mol. The number of carbonyl (C=O) groups excluding carboxylic acids is 1. The summed E-state index contributed by atoms with van der Waals surface area (Å²) >= 11 is 0. The summed E-state index contributed by atoms with van der Waals surface area (Å²) in [4.78, 5) is 12.0. The summed E-state index contributed by atoms with van der Waals surface area (Å²) in [6.07, 6.45) is 20.6.